The monoisotopic (exact) mass is 666 g/mol. The fourth-order valence-electron chi connectivity index (χ4n) is 7.02. The Bertz CT molecular complexity index is 2430. The number of rotatable bonds is 8. The molecule has 0 N–H and O–H groups in total. The highest BCUT2D eigenvalue weighted by molar-refractivity contribution is 6.00. The maximum atomic E-state index is 5.09. The van der Waals surface area contributed by atoms with E-state index in [1.165, 1.54) is 21.5 Å². The maximum absolute atomic E-state index is 5.09. The third-order valence-electron chi connectivity index (χ3n) is 9.52. The highest BCUT2D eigenvalue weighted by Gasteiger charge is 2.17. The highest BCUT2D eigenvalue weighted by atomic mass is 15.1. The molecule has 4 nitrogen and oxygen atoms in total. The van der Waals surface area contributed by atoms with Crippen LogP contribution in [0, 0.1) is 0 Å². The molecule has 52 heavy (non-hydrogen) atoms. The molecule has 0 saturated heterocycles. The van der Waals surface area contributed by atoms with E-state index in [0.717, 1.165) is 56.6 Å². The molecule has 9 aromatic rings. The molecular formula is C48H34N4. The van der Waals surface area contributed by atoms with E-state index in [-0.39, 0.29) is 0 Å². The van der Waals surface area contributed by atoms with Gasteiger partial charge in [0, 0.05) is 44.6 Å². The van der Waals surface area contributed by atoms with Crippen molar-refractivity contribution >= 4 is 55.7 Å². The average Bonchev–Trinajstić information content (AvgIpc) is 3.23. The second-order valence-electron chi connectivity index (χ2n) is 12.7. The molecule has 0 unspecified atom stereocenters. The van der Waals surface area contributed by atoms with Gasteiger partial charge in [-0.15, -0.1) is 0 Å². The second-order valence-corrected chi connectivity index (χ2v) is 12.7. The molecule has 1 heterocycles. The largest absolute Gasteiger partial charge is 0.310 e. The Morgan fingerprint density at radius 2 is 0.673 bits per heavy atom. The van der Waals surface area contributed by atoms with Gasteiger partial charge in [-0.25, -0.2) is 4.98 Å². The highest BCUT2D eigenvalue weighted by Crippen LogP contribution is 2.41. The zero-order valence-corrected chi connectivity index (χ0v) is 28.4. The minimum Gasteiger partial charge on any atom is -0.310 e. The van der Waals surface area contributed by atoms with Crippen molar-refractivity contribution in [1.82, 2.24) is 9.97 Å². The Morgan fingerprint density at radius 1 is 0.308 bits per heavy atom. The fraction of sp³-hybridized carbons (Fsp3) is 0. The standard InChI is InChI=1S/C48H34N4/c1-3-17-39(18-4-1)51(47-23-11-15-35-13-7-9-21-43(35)47)41-29-25-37(26-30-41)45-33-49-34-46(50-45)38-27-31-42(32-28-38)52(40-19-5-2-6-20-40)48-24-12-16-36-14-8-10-22-44(36)48/h1-34H. The van der Waals surface area contributed by atoms with E-state index in [9.17, 15) is 0 Å². The number of anilines is 6. The summed E-state index contributed by atoms with van der Waals surface area (Å²) in [5, 5.41) is 4.82. The molecule has 4 heteroatoms. The van der Waals surface area contributed by atoms with Gasteiger partial charge < -0.3 is 9.80 Å². The molecule has 0 spiro atoms. The Labute approximate surface area is 303 Å². The summed E-state index contributed by atoms with van der Waals surface area (Å²) in [6, 6.07) is 68.2. The smallest absolute Gasteiger partial charge is 0.0892 e. The van der Waals surface area contributed by atoms with Crippen LogP contribution >= 0.6 is 0 Å². The van der Waals surface area contributed by atoms with Gasteiger partial charge in [0.25, 0.3) is 0 Å². The Hall–Kier alpha value is -7.04. The molecule has 0 saturated carbocycles. The lowest BCUT2D eigenvalue weighted by Gasteiger charge is -2.27. The average molecular weight is 667 g/mol. The predicted octanol–water partition coefficient (Wildman–Crippen LogP) is 13.1. The van der Waals surface area contributed by atoms with Crippen molar-refractivity contribution in [2.24, 2.45) is 0 Å². The van der Waals surface area contributed by atoms with Crippen LogP contribution in [0.5, 0.6) is 0 Å². The van der Waals surface area contributed by atoms with Gasteiger partial charge in [0.1, 0.15) is 0 Å². The van der Waals surface area contributed by atoms with Crippen molar-refractivity contribution in [2.75, 3.05) is 9.80 Å². The molecule has 0 radical (unpaired) electrons. The van der Waals surface area contributed by atoms with Crippen LogP contribution in [0.2, 0.25) is 0 Å². The summed E-state index contributed by atoms with van der Waals surface area (Å²) < 4.78 is 0. The molecule has 0 aliphatic carbocycles. The van der Waals surface area contributed by atoms with Crippen LogP contribution in [0.4, 0.5) is 34.1 Å². The zero-order valence-electron chi connectivity index (χ0n) is 28.4. The first kappa shape index (κ1) is 31.0. The molecule has 0 fully saturated rings. The first-order valence-corrected chi connectivity index (χ1v) is 17.5. The van der Waals surface area contributed by atoms with E-state index in [1.807, 2.05) is 12.4 Å². The van der Waals surface area contributed by atoms with E-state index in [0.29, 0.717) is 0 Å². The minimum absolute atomic E-state index is 0.825. The zero-order chi connectivity index (χ0) is 34.7. The lowest BCUT2D eigenvalue weighted by atomic mass is 10.1. The first-order valence-electron chi connectivity index (χ1n) is 17.5. The van der Waals surface area contributed by atoms with Gasteiger partial charge in [-0.3, -0.25) is 4.98 Å². The van der Waals surface area contributed by atoms with E-state index in [4.69, 9.17) is 4.98 Å². The van der Waals surface area contributed by atoms with Crippen LogP contribution in [-0.4, -0.2) is 9.97 Å². The van der Waals surface area contributed by atoms with Crippen LogP contribution in [0.3, 0.4) is 0 Å². The Morgan fingerprint density at radius 3 is 1.12 bits per heavy atom. The molecule has 0 amide bonds. The van der Waals surface area contributed by atoms with Crippen LogP contribution in [0.25, 0.3) is 44.1 Å². The fourth-order valence-corrected chi connectivity index (χ4v) is 7.02. The van der Waals surface area contributed by atoms with E-state index < -0.39 is 0 Å². The quantitative estimate of drug-likeness (QED) is 0.162. The van der Waals surface area contributed by atoms with Crippen molar-refractivity contribution < 1.29 is 0 Å². The number of benzene rings is 8. The van der Waals surface area contributed by atoms with E-state index in [1.54, 1.807) is 0 Å². The van der Waals surface area contributed by atoms with Gasteiger partial charge in [-0.1, -0.05) is 133 Å². The number of para-hydroxylation sites is 2. The molecule has 0 atom stereocenters. The van der Waals surface area contributed by atoms with Crippen LogP contribution < -0.4 is 9.80 Å². The molecule has 0 aliphatic rings. The Balaban J connectivity index is 1.04. The van der Waals surface area contributed by atoms with Gasteiger partial charge in [0.2, 0.25) is 0 Å². The van der Waals surface area contributed by atoms with Gasteiger partial charge in [-0.05, 0) is 71.4 Å². The number of nitrogens with zero attached hydrogens (tertiary/aromatic N) is 4. The summed E-state index contributed by atoms with van der Waals surface area (Å²) in [5.74, 6) is 0. The van der Waals surface area contributed by atoms with Gasteiger partial charge in [-0.2, -0.15) is 0 Å². The predicted molar refractivity (Wildman–Crippen MR) is 217 cm³/mol. The van der Waals surface area contributed by atoms with Crippen LogP contribution in [-0.2, 0) is 0 Å². The summed E-state index contributed by atoms with van der Waals surface area (Å²) in [4.78, 5) is 14.3. The first-order chi connectivity index (χ1) is 25.8. The topological polar surface area (TPSA) is 32.3 Å². The van der Waals surface area contributed by atoms with Crippen molar-refractivity contribution in [2.45, 2.75) is 0 Å². The number of hydrogen-bond acceptors (Lipinski definition) is 4. The summed E-state index contributed by atoms with van der Waals surface area (Å²) in [7, 11) is 0. The molecule has 9 rings (SSSR count). The SMILES string of the molecule is c1ccc(N(c2ccc(-c3cncc(-c4ccc(N(c5ccccc5)c5cccc6ccccc56)cc4)n3)cc2)c2cccc3ccccc23)cc1. The summed E-state index contributed by atoms with van der Waals surface area (Å²) >= 11 is 0. The van der Waals surface area contributed by atoms with Crippen molar-refractivity contribution in [3.05, 3.63) is 207 Å². The lowest BCUT2D eigenvalue weighted by molar-refractivity contribution is 1.21. The van der Waals surface area contributed by atoms with Crippen LogP contribution in [0.15, 0.2) is 207 Å². The maximum Gasteiger partial charge on any atom is 0.0892 e. The van der Waals surface area contributed by atoms with Crippen LogP contribution in [0.1, 0.15) is 0 Å². The third-order valence-corrected chi connectivity index (χ3v) is 9.52. The van der Waals surface area contributed by atoms with Gasteiger partial charge in [0.15, 0.2) is 0 Å². The van der Waals surface area contributed by atoms with E-state index in [2.05, 4.69) is 209 Å². The Kier molecular flexibility index (Phi) is 8.16. The van der Waals surface area contributed by atoms with Crippen molar-refractivity contribution in [3.8, 4) is 22.5 Å². The molecule has 0 aliphatic heterocycles. The van der Waals surface area contributed by atoms with E-state index >= 15 is 0 Å². The van der Waals surface area contributed by atoms with Gasteiger partial charge in [0.05, 0.1) is 35.2 Å². The molecular weight excluding hydrogens is 633 g/mol. The van der Waals surface area contributed by atoms with Crippen molar-refractivity contribution in [1.29, 1.82) is 0 Å². The third kappa shape index (κ3) is 5.93. The summed E-state index contributed by atoms with van der Waals surface area (Å²) in [5.41, 5.74) is 10.3. The van der Waals surface area contributed by atoms with Crippen molar-refractivity contribution in [3.63, 3.8) is 0 Å². The van der Waals surface area contributed by atoms with Gasteiger partial charge >= 0.3 is 0 Å². The summed E-state index contributed by atoms with van der Waals surface area (Å²) in [6.07, 6.45) is 3.67. The molecule has 8 aromatic carbocycles. The molecule has 1 aromatic heterocycles. The number of fused-ring (bicyclic) bond motifs is 2. The molecule has 246 valence electrons. The molecule has 0 bridgehead atoms. The lowest BCUT2D eigenvalue weighted by Crippen LogP contribution is -2.10. The number of aromatic nitrogens is 2. The number of hydrogen-bond donors (Lipinski definition) is 0. The summed E-state index contributed by atoms with van der Waals surface area (Å²) in [6.45, 7) is 0. The second kappa shape index (κ2) is 13.7. The minimum atomic E-state index is 0.825. The normalized spacial score (nSPS) is 11.1.